The van der Waals surface area contributed by atoms with Gasteiger partial charge in [0.25, 0.3) is 0 Å². The minimum atomic E-state index is -3.25. The SMILES string of the molecule is CCNC(=NCCCS(=O)(=O)c1ccccc1)NCCc1c[nH]c2ccccc12. The number of aromatic amines is 1. The molecule has 0 saturated carbocycles. The van der Waals surface area contributed by atoms with E-state index in [1.165, 1.54) is 10.9 Å². The van der Waals surface area contributed by atoms with E-state index >= 15 is 0 Å². The van der Waals surface area contributed by atoms with Crippen LogP contribution in [-0.4, -0.2) is 44.7 Å². The van der Waals surface area contributed by atoms with E-state index in [-0.39, 0.29) is 5.75 Å². The van der Waals surface area contributed by atoms with Crippen LogP contribution in [0.4, 0.5) is 0 Å². The molecule has 6 nitrogen and oxygen atoms in total. The predicted octanol–water partition coefficient (Wildman–Crippen LogP) is 3.13. The summed E-state index contributed by atoms with van der Waals surface area (Å²) in [5.41, 5.74) is 2.40. The molecule has 0 atom stereocenters. The van der Waals surface area contributed by atoms with Crippen LogP contribution in [-0.2, 0) is 16.3 Å². The second kappa shape index (κ2) is 10.1. The maximum atomic E-state index is 12.3. The molecule has 3 N–H and O–H groups in total. The van der Waals surface area contributed by atoms with E-state index in [9.17, 15) is 8.42 Å². The molecule has 0 aliphatic rings. The smallest absolute Gasteiger partial charge is 0.191 e. The molecule has 3 aromatic rings. The van der Waals surface area contributed by atoms with Gasteiger partial charge in [0.2, 0.25) is 0 Å². The first-order valence-corrected chi connectivity index (χ1v) is 11.6. The first-order chi connectivity index (χ1) is 14.1. The number of hydrogen-bond donors (Lipinski definition) is 3. The fraction of sp³-hybridized carbons (Fsp3) is 0.318. The standard InChI is InChI=1S/C22H28N4O2S/c1-2-23-22(24-14-8-16-29(27,28)19-9-4-3-5-10-19)25-15-13-18-17-26-21-12-7-6-11-20(18)21/h3-7,9-12,17,26H,2,8,13-16H2,1H3,(H2,23,24,25). The number of hydrogen-bond acceptors (Lipinski definition) is 3. The number of benzene rings is 2. The summed E-state index contributed by atoms with van der Waals surface area (Å²) >= 11 is 0. The zero-order valence-corrected chi connectivity index (χ0v) is 17.5. The van der Waals surface area contributed by atoms with Crippen LogP contribution in [0.3, 0.4) is 0 Å². The normalized spacial score (nSPS) is 12.2. The van der Waals surface area contributed by atoms with Gasteiger partial charge in [-0.1, -0.05) is 36.4 Å². The number of guanidine groups is 1. The lowest BCUT2D eigenvalue weighted by atomic mass is 10.1. The Bertz CT molecular complexity index is 1040. The van der Waals surface area contributed by atoms with Crippen molar-refractivity contribution < 1.29 is 8.42 Å². The Morgan fingerprint density at radius 3 is 2.59 bits per heavy atom. The van der Waals surface area contributed by atoms with Crippen LogP contribution >= 0.6 is 0 Å². The van der Waals surface area contributed by atoms with Crippen LogP contribution in [0, 0.1) is 0 Å². The van der Waals surface area contributed by atoms with Crippen molar-refractivity contribution in [1.29, 1.82) is 0 Å². The number of fused-ring (bicyclic) bond motifs is 1. The summed E-state index contributed by atoms with van der Waals surface area (Å²) in [5, 5.41) is 7.78. The van der Waals surface area contributed by atoms with Gasteiger partial charge in [-0.25, -0.2) is 8.42 Å². The predicted molar refractivity (Wildman–Crippen MR) is 119 cm³/mol. The molecule has 1 heterocycles. The summed E-state index contributed by atoms with van der Waals surface area (Å²) in [6.07, 6.45) is 3.40. The molecule has 0 aliphatic heterocycles. The molecule has 7 heteroatoms. The third-order valence-electron chi connectivity index (χ3n) is 4.65. The van der Waals surface area contributed by atoms with Gasteiger partial charge >= 0.3 is 0 Å². The zero-order chi connectivity index (χ0) is 20.5. The quantitative estimate of drug-likeness (QED) is 0.286. The first kappa shape index (κ1) is 20.9. The molecule has 0 unspecified atom stereocenters. The fourth-order valence-electron chi connectivity index (χ4n) is 3.19. The molecule has 0 spiro atoms. The van der Waals surface area contributed by atoms with E-state index in [1.807, 2.05) is 31.3 Å². The number of nitrogens with one attached hydrogen (secondary N) is 3. The summed E-state index contributed by atoms with van der Waals surface area (Å²) in [4.78, 5) is 8.17. The monoisotopic (exact) mass is 412 g/mol. The van der Waals surface area contributed by atoms with Gasteiger partial charge < -0.3 is 15.6 Å². The average molecular weight is 413 g/mol. The molecule has 0 fully saturated rings. The van der Waals surface area contributed by atoms with E-state index in [1.54, 1.807) is 24.3 Å². The van der Waals surface area contributed by atoms with Gasteiger partial charge in [-0.05, 0) is 43.5 Å². The number of rotatable bonds is 9. The van der Waals surface area contributed by atoms with Gasteiger partial charge in [0.1, 0.15) is 0 Å². The molecule has 3 rings (SSSR count). The minimum Gasteiger partial charge on any atom is -0.361 e. The minimum absolute atomic E-state index is 0.0925. The van der Waals surface area contributed by atoms with Gasteiger partial charge in [-0.3, -0.25) is 4.99 Å². The van der Waals surface area contributed by atoms with Gasteiger partial charge in [-0.2, -0.15) is 0 Å². The number of H-pyrrole nitrogens is 1. The molecule has 29 heavy (non-hydrogen) atoms. The van der Waals surface area contributed by atoms with Gasteiger partial charge in [-0.15, -0.1) is 0 Å². The van der Waals surface area contributed by atoms with E-state index in [4.69, 9.17) is 0 Å². The highest BCUT2D eigenvalue weighted by Gasteiger charge is 2.13. The number of aliphatic imine (C=N–C) groups is 1. The highest BCUT2D eigenvalue weighted by Crippen LogP contribution is 2.17. The van der Waals surface area contributed by atoms with Gasteiger partial charge in [0.05, 0.1) is 10.6 Å². The van der Waals surface area contributed by atoms with Crippen molar-refractivity contribution in [3.8, 4) is 0 Å². The Hall–Kier alpha value is -2.80. The topological polar surface area (TPSA) is 86.3 Å². The van der Waals surface area contributed by atoms with Crippen molar-refractivity contribution in [3.05, 3.63) is 66.4 Å². The summed E-state index contributed by atoms with van der Waals surface area (Å²) in [6, 6.07) is 16.8. The number of aromatic nitrogens is 1. The highest BCUT2D eigenvalue weighted by molar-refractivity contribution is 7.91. The molecule has 0 amide bonds. The summed E-state index contributed by atoms with van der Waals surface area (Å²) < 4.78 is 24.7. The lowest BCUT2D eigenvalue weighted by Crippen LogP contribution is -2.38. The summed E-state index contributed by atoms with van der Waals surface area (Å²) in [6.45, 7) is 3.96. The zero-order valence-electron chi connectivity index (χ0n) is 16.7. The molecule has 0 aliphatic carbocycles. The fourth-order valence-corrected chi connectivity index (χ4v) is 4.50. The van der Waals surface area contributed by atoms with Crippen molar-refractivity contribution in [2.75, 3.05) is 25.4 Å². The number of para-hydroxylation sites is 1. The lowest BCUT2D eigenvalue weighted by Gasteiger charge is -2.11. The first-order valence-electron chi connectivity index (χ1n) is 9.95. The summed E-state index contributed by atoms with van der Waals surface area (Å²) in [5.74, 6) is 0.805. The Balaban J connectivity index is 1.49. The molecule has 2 aromatic carbocycles. The molecular formula is C22H28N4O2S. The third kappa shape index (κ3) is 5.84. The lowest BCUT2D eigenvalue weighted by molar-refractivity contribution is 0.593. The van der Waals surface area contributed by atoms with Crippen molar-refractivity contribution in [2.45, 2.75) is 24.7 Å². The molecule has 1 aromatic heterocycles. The van der Waals surface area contributed by atoms with Crippen LogP contribution in [0.5, 0.6) is 0 Å². The molecular weight excluding hydrogens is 384 g/mol. The Labute approximate surface area is 172 Å². The van der Waals surface area contributed by atoms with Gasteiger partial charge in [0, 0.05) is 36.7 Å². The van der Waals surface area contributed by atoms with Crippen LogP contribution in [0.25, 0.3) is 10.9 Å². The van der Waals surface area contributed by atoms with E-state index in [0.717, 1.165) is 25.0 Å². The summed E-state index contributed by atoms with van der Waals surface area (Å²) in [7, 11) is -3.25. The highest BCUT2D eigenvalue weighted by atomic mass is 32.2. The van der Waals surface area contributed by atoms with Crippen LogP contribution < -0.4 is 10.6 Å². The van der Waals surface area contributed by atoms with Crippen LogP contribution in [0.1, 0.15) is 18.9 Å². The maximum Gasteiger partial charge on any atom is 0.191 e. The van der Waals surface area contributed by atoms with Crippen molar-refractivity contribution in [2.24, 2.45) is 4.99 Å². The van der Waals surface area contributed by atoms with E-state index in [2.05, 4.69) is 32.7 Å². The third-order valence-corrected chi connectivity index (χ3v) is 6.47. The molecule has 154 valence electrons. The van der Waals surface area contributed by atoms with Crippen molar-refractivity contribution >= 4 is 26.7 Å². The van der Waals surface area contributed by atoms with Gasteiger partial charge in [0.15, 0.2) is 15.8 Å². The number of sulfone groups is 1. The Kier molecular flexibility index (Phi) is 7.30. The van der Waals surface area contributed by atoms with E-state index < -0.39 is 9.84 Å². The second-order valence-corrected chi connectivity index (χ2v) is 8.89. The van der Waals surface area contributed by atoms with Crippen LogP contribution in [0.2, 0.25) is 0 Å². The average Bonchev–Trinajstić information content (AvgIpc) is 3.15. The Morgan fingerprint density at radius 2 is 1.79 bits per heavy atom. The maximum absolute atomic E-state index is 12.3. The number of nitrogens with zero attached hydrogens (tertiary/aromatic N) is 1. The van der Waals surface area contributed by atoms with Crippen molar-refractivity contribution in [1.82, 2.24) is 15.6 Å². The molecule has 0 radical (unpaired) electrons. The largest absolute Gasteiger partial charge is 0.361 e. The van der Waals surface area contributed by atoms with Crippen LogP contribution in [0.15, 0.2) is 70.7 Å². The molecule has 0 bridgehead atoms. The second-order valence-electron chi connectivity index (χ2n) is 6.78. The Morgan fingerprint density at radius 1 is 1.03 bits per heavy atom. The van der Waals surface area contributed by atoms with Crippen molar-refractivity contribution in [3.63, 3.8) is 0 Å². The van der Waals surface area contributed by atoms with E-state index in [0.29, 0.717) is 23.8 Å². The molecule has 0 saturated heterocycles.